The SMILES string of the molecule is CC(=O)NCc1ccccc1.NC(=O)Cc1ccoc1. The van der Waals surface area contributed by atoms with Crippen molar-refractivity contribution in [2.45, 2.75) is 19.9 Å². The minimum absolute atomic E-state index is 0.00820. The highest BCUT2D eigenvalue weighted by Gasteiger charge is 1.97. The summed E-state index contributed by atoms with van der Waals surface area (Å²) in [6.07, 6.45) is 3.28. The number of carbonyl (C=O) groups excluding carboxylic acids is 2. The standard InChI is InChI=1S/C9H11NO.C6H7NO2/c1-8(11)10-7-9-5-3-2-4-6-9;7-6(8)3-5-1-2-9-4-5/h2-6H,7H2,1H3,(H,10,11);1-2,4H,3H2,(H2,7,8). The fourth-order valence-corrected chi connectivity index (χ4v) is 1.42. The molecule has 20 heavy (non-hydrogen) atoms. The van der Waals surface area contributed by atoms with E-state index in [0.717, 1.165) is 11.1 Å². The summed E-state index contributed by atoms with van der Waals surface area (Å²) in [5.41, 5.74) is 6.85. The van der Waals surface area contributed by atoms with Crippen LogP contribution >= 0.6 is 0 Å². The minimum Gasteiger partial charge on any atom is -0.472 e. The van der Waals surface area contributed by atoms with Crippen molar-refractivity contribution in [2.24, 2.45) is 5.73 Å². The van der Waals surface area contributed by atoms with Crippen LogP contribution in [0.2, 0.25) is 0 Å². The number of hydrogen-bond acceptors (Lipinski definition) is 3. The van der Waals surface area contributed by atoms with Crippen molar-refractivity contribution in [1.82, 2.24) is 5.32 Å². The van der Waals surface area contributed by atoms with Gasteiger partial charge < -0.3 is 15.5 Å². The molecule has 106 valence electrons. The van der Waals surface area contributed by atoms with E-state index in [1.807, 2.05) is 30.3 Å². The molecular weight excluding hydrogens is 256 g/mol. The summed E-state index contributed by atoms with van der Waals surface area (Å²) in [6.45, 7) is 2.14. The number of furan rings is 1. The molecule has 3 N–H and O–H groups in total. The van der Waals surface area contributed by atoms with Gasteiger partial charge in [-0.25, -0.2) is 0 Å². The van der Waals surface area contributed by atoms with Gasteiger partial charge in [-0.3, -0.25) is 9.59 Å². The van der Waals surface area contributed by atoms with E-state index in [1.54, 1.807) is 6.07 Å². The van der Waals surface area contributed by atoms with Crippen molar-refractivity contribution >= 4 is 11.8 Å². The van der Waals surface area contributed by atoms with Gasteiger partial charge in [-0.05, 0) is 17.2 Å². The Bertz CT molecular complexity index is 521. The molecule has 2 amide bonds. The largest absolute Gasteiger partial charge is 0.472 e. The Morgan fingerprint density at radius 3 is 2.35 bits per heavy atom. The number of nitrogens with two attached hydrogens (primary N) is 1. The maximum Gasteiger partial charge on any atom is 0.221 e. The van der Waals surface area contributed by atoms with Crippen LogP contribution in [0.15, 0.2) is 53.3 Å². The van der Waals surface area contributed by atoms with Gasteiger partial charge in [0.1, 0.15) is 0 Å². The van der Waals surface area contributed by atoms with Crippen LogP contribution in [0.1, 0.15) is 18.1 Å². The number of amides is 2. The third-order valence-corrected chi connectivity index (χ3v) is 2.34. The molecule has 0 atom stereocenters. The maximum absolute atomic E-state index is 10.5. The van der Waals surface area contributed by atoms with Gasteiger partial charge in [0.25, 0.3) is 0 Å². The molecule has 0 aliphatic heterocycles. The third kappa shape index (κ3) is 7.00. The quantitative estimate of drug-likeness (QED) is 0.888. The second-order valence-corrected chi connectivity index (χ2v) is 4.17. The number of carbonyl (C=O) groups is 2. The Morgan fingerprint density at radius 2 is 1.85 bits per heavy atom. The van der Waals surface area contributed by atoms with Crippen LogP contribution in [-0.4, -0.2) is 11.8 Å². The predicted octanol–water partition coefficient (Wildman–Crippen LogP) is 1.63. The highest BCUT2D eigenvalue weighted by atomic mass is 16.3. The molecule has 0 unspecified atom stereocenters. The summed E-state index contributed by atoms with van der Waals surface area (Å²) < 4.78 is 4.71. The number of primary amides is 1. The fourth-order valence-electron chi connectivity index (χ4n) is 1.42. The van der Waals surface area contributed by atoms with E-state index in [-0.39, 0.29) is 18.2 Å². The molecule has 5 nitrogen and oxygen atoms in total. The van der Waals surface area contributed by atoms with E-state index >= 15 is 0 Å². The molecule has 1 aromatic carbocycles. The Hall–Kier alpha value is -2.56. The lowest BCUT2D eigenvalue weighted by Gasteiger charge is -2.00. The van der Waals surface area contributed by atoms with Crippen LogP contribution in [0.5, 0.6) is 0 Å². The third-order valence-electron chi connectivity index (χ3n) is 2.34. The van der Waals surface area contributed by atoms with Crippen LogP contribution in [0.3, 0.4) is 0 Å². The predicted molar refractivity (Wildman–Crippen MR) is 75.6 cm³/mol. The van der Waals surface area contributed by atoms with Crippen molar-refractivity contribution in [3.63, 3.8) is 0 Å². The molecule has 0 aliphatic carbocycles. The molecular formula is C15H18N2O3. The highest BCUT2D eigenvalue weighted by Crippen LogP contribution is 1.99. The molecule has 2 rings (SSSR count). The van der Waals surface area contributed by atoms with Gasteiger partial charge >= 0.3 is 0 Å². The zero-order chi connectivity index (χ0) is 14.8. The van der Waals surface area contributed by atoms with Crippen molar-refractivity contribution < 1.29 is 14.0 Å². The zero-order valence-electron chi connectivity index (χ0n) is 11.3. The second-order valence-electron chi connectivity index (χ2n) is 4.17. The van der Waals surface area contributed by atoms with Gasteiger partial charge in [-0.2, -0.15) is 0 Å². The number of benzene rings is 1. The second kappa shape index (κ2) is 8.53. The van der Waals surface area contributed by atoms with Gasteiger partial charge in [0.15, 0.2) is 0 Å². The van der Waals surface area contributed by atoms with Gasteiger partial charge in [0.05, 0.1) is 18.9 Å². The Kier molecular flexibility index (Phi) is 6.61. The van der Waals surface area contributed by atoms with Crippen molar-refractivity contribution in [1.29, 1.82) is 0 Å². The van der Waals surface area contributed by atoms with E-state index in [9.17, 15) is 9.59 Å². The van der Waals surface area contributed by atoms with E-state index in [4.69, 9.17) is 10.2 Å². The van der Waals surface area contributed by atoms with E-state index in [1.165, 1.54) is 19.5 Å². The van der Waals surface area contributed by atoms with Gasteiger partial charge in [0.2, 0.25) is 11.8 Å². The molecule has 0 saturated carbocycles. The summed E-state index contributed by atoms with van der Waals surface area (Å²) in [5, 5.41) is 2.72. The van der Waals surface area contributed by atoms with Crippen LogP contribution in [0.25, 0.3) is 0 Å². The summed E-state index contributed by atoms with van der Waals surface area (Å²) in [7, 11) is 0. The number of hydrogen-bond donors (Lipinski definition) is 2. The van der Waals surface area contributed by atoms with Crippen molar-refractivity contribution in [3.8, 4) is 0 Å². The summed E-state index contributed by atoms with van der Waals surface area (Å²) >= 11 is 0. The Labute approximate surface area is 117 Å². The first-order valence-electron chi connectivity index (χ1n) is 6.15. The topological polar surface area (TPSA) is 85.3 Å². The molecule has 1 aromatic heterocycles. The molecule has 0 bridgehead atoms. The molecule has 0 aliphatic rings. The zero-order valence-corrected chi connectivity index (χ0v) is 11.3. The lowest BCUT2D eigenvalue weighted by molar-refractivity contribution is -0.119. The first-order valence-corrected chi connectivity index (χ1v) is 6.15. The fraction of sp³-hybridized carbons (Fsp3) is 0.200. The van der Waals surface area contributed by atoms with Gasteiger partial charge in [0, 0.05) is 13.5 Å². The molecule has 0 spiro atoms. The van der Waals surface area contributed by atoms with Crippen molar-refractivity contribution in [2.75, 3.05) is 0 Å². The summed E-state index contributed by atoms with van der Waals surface area (Å²) in [6, 6.07) is 11.5. The van der Waals surface area contributed by atoms with E-state index < -0.39 is 0 Å². The molecule has 5 heteroatoms. The molecule has 0 saturated heterocycles. The number of rotatable bonds is 4. The van der Waals surface area contributed by atoms with Crippen LogP contribution in [0.4, 0.5) is 0 Å². The molecule has 2 aromatic rings. The normalized spacial score (nSPS) is 9.25. The average Bonchev–Trinajstić information content (AvgIpc) is 2.90. The molecule has 1 heterocycles. The maximum atomic E-state index is 10.5. The first kappa shape index (κ1) is 15.5. The van der Waals surface area contributed by atoms with Crippen LogP contribution in [-0.2, 0) is 22.6 Å². The summed E-state index contributed by atoms with van der Waals surface area (Å²) in [5.74, 6) is -0.328. The monoisotopic (exact) mass is 274 g/mol. The summed E-state index contributed by atoms with van der Waals surface area (Å²) in [4.78, 5) is 20.8. The van der Waals surface area contributed by atoms with Gasteiger partial charge in [-0.1, -0.05) is 30.3 Å². The van der Waals surface area contributed by atoms with E-state index in [0.29, 0.717) is 6.54 Å². The molecule has 0 radical (unpaired) electrons. The number of nitrogens with one attached hydrogen (secondary N) is 1. The molecule has 0 fully saturated rings. The lowest BCUT2D eigenvalue weighted by atomic mass is 10.2. The Morgan fingerprint density at radius 1 is 1.15 bits per heavy atom. The van der Waals surface area contributed by atoms with E-state index in [2.05, 4.69) is 5.32 Å². The van der Waals surface area contributed by atoms with Crippen molar-refractivity contribution in [3.05, 3.63) is 60.1 Å². The van der Waals surface area contributed by atoms with Crippen LogP contribution < -0.4 is 11.1 Å². The minimum atomic E-state index is -0.337. The Balaban J connectivity index is 0.000000204. The lowest BCUT2D eigenvalue weighted by Crippen LogP contribution is -2.18. The average molecular weight is 274 g/mol. The first-order chi connectivity index (χ1) is 9.58. The smallest absolute Gasteiger partial charge is 0.221 e. The van der Waals surface area contributed by atoms with Gasteiger partial charge in [-0.15, -0.1) is 0 Å². The highest BCUT2D eigenvalue weighted by molar-refractivity contribution is 5.76. The van der Waals surface area contributed by atoms with Crippen LogP contribution in [0, 0.1) is 0 Å².